The van der Waals surface area contributed by atoms with E-state index in [4.69, 9.17) is 5.26 Å². The Morgan fingerprint density at radius 1 is 1.43 bits per heavy atom. The molecule has 122 valence electrons. The number of non-ortho nitro benzene ring substituents is 1. The monoisotopic (exact) mass is 318 g/mol. The zero-order valence-electron chi connectivity index (χ0n) is 12.9. The second kappa shape index (κ2) is 8.48. The molecule has 2 amide bonds. The molecule has 0 aliphatic rings. The van der Waals surface area contributed by atoms with Gasteiger partial charge in [0.05, 0.1) is 11.0 Å². The van der Waals surface area contributed by atoms with E-state index in [-0.39, 0.29) is 23.7 Å². The molecule has 1 aromatic carbocycles. The quantitative estimate of drug-likeness (QED) is 0.446. The van der Waals surface area contributed by atoms with Gasteiger partial charge in [0.1, 0.15) is 12.6 Å². The SMILES string of the molecule is CCC(C)C(NC(=O)c1cccc([N+](=O)[O-])c1)C(=O)NCC#N. The largest absolute Gasteiger partial charge is 0.341 e. The van der Waals surface area contributed by atoms with Crippen LogP contribution in [0.1, 0.15) is 30.6 Å². The van der Waals surface area contributed by atoms with Crippen LogP contribution in [-0.4, -0.2) is 29.3 Å². The molecule has 0 fully saturated rings. The van der Waals surface area contributed by atoms with E-state index in [1.54, 1.807) is 13.0 Å². The summed E-state index contributed by atoms with van der Waals surface area (Å²) in [6, 6.07) is 6.24. The van der Waals surface area contributed by atoms with Crippen LogP contribution in [0.2, 0.25) is 0 Å². The highest BCUT2D eigenvalue weighted by molar-refractivity contribution is 5.98. The molecule has 0 heterocycles. The molecule has 0 aliphatic carbocycles. The van der Waals surface area contributed by atoms with Crippen LogP contribution in [0.4, 0.5) is 5.69 Å². The van der Waals surface area contributed by atoms with Crippen molar-refractivity contribution in [2.75, 3.05) is 6.54 Å². The summed E-state index contributed by atoms with van der Waals surface area (Å²) in [4.78, 5) is 34.5. The Hall–Kier alpha value is -2.95. The number of benzene rings is 1. The number of nitro benzene ring substituents is 1. The number of amides is 2. The predicted octanol–water partition coefficient (Wildman–Crippen LogP) is 1.38. The molecule has 0 aliphatic heterocycles. The maximum Gasteiger partial charge on any atom is 0.270 e. The highest BCUT2D eigenvalue weighted by Gasteiger charge is 2.26. The number of nitrogens with one attached hydrogen (secondary N) is 2. The Balaban J connectivity index is 2.92. The van der Waals surface area contributed by atoms with E-state index >= 15 is 0 Å². The number of rotatable bonds is 7. The molecule has 1 aromatic rings. The molecule has 0 aromatic heterocycles. The third-order valence-corrected chi connectivity index (χ3v) is 3.44. The van der Waals surface area contributed by atoms with Crippen molar-refractivity contribution in [1.82, 2.24) is 10.6 Å². The second-order valence-corrected chi connectivity index (χ2v) is 5.02. The molecule has 2 unspecified atom stereocenters. The van der Waals surface area contributed by atoms with Gasteiger partial charge < -0.3 is 10.6 Å². The number of nitriles is 1. The van der Waals surface area contributed by atoms with Gasteiger partial charge in [-0.25, -0.2) is 0 Å². The van der Waals surface area contributed by atoms with Gasteiger partial charge in [-0.1, -0.05) is 26.3 Å². The van der Waals surface area contributed by atoms with E-state index in [0.29, 0.717) is 6.42 Å². The van der Waals surface area contributed by atoms with Crippen LogP contribution in [0.15, 0.2) is 24.3 Å². The first kappa shape index (κ1) is 18.1. The first-order chi connectivity index (χ1) is 10.9. The molecule has 8 nitrogen and oxygen atoms in total. The highest BCUT2D eigenvalue weighted by atomic mass is 16.6. The summed E-state index contributed by atoms with van der Waals surface area (Å²) in [6.07, 6.45) is 0.639. The Morgan fingerprint density at radius 2 is 2.13 bits per heavy atom. The molecule has 2 N–H and O–H groups in total. The zero-order valence-corrected chi connectivity index (χ0v) is 12.9. The van der Waals surface area contributed by atoms with Crippen LogP contribution in [0.3, 0.4) is 0 Å². The third kappa shape index (κ3) is 5.07. The smallest absolute Gasteiger partial charge is 0.270 e. The zero-order chi connectivity index (χ0) is 17.4. The number of carbonyl (C=O) groups excluding carboxylic acids is 2. The predicted molar refractivity (Wildman–Crippen MR) is 82.4 cm³/mol. The van der Waals surface area contributed by atoms with Crippen molar-refractivity contribution >= 4 is 17.5 Å². The van der Waals surface area contributed by atoms with E-state index in [2.05, 4.69) is 10.6 Å². The summed E-state index contributed by atoms with van der Waals surface area (Å²) in [5.41, 5.74) is -0.104. The van der Waals surface area contributed by atoms with Crippen molar-refractivity contribution in [2.24, 2.45) is 5.92 Å². The lowest BCUT2D eigenvalue weighted by molar-refractivity contribution is -0.384. The Bertz CT molecular complexity index is 639. The minimum absolute atomic E-state index is 0.0978. The maximum absolute atomic E-state index is 12.2. The van der Waals surface area contributed by atoms with Crippen LogP contribution in [0.5, 0.6) is 0 Å². The molecule has 0 saturated carbocycles. The summed E-state index contributed by atoms with van der Waals surface area (Å²) < 4.78 is 0. The van der Waals surface area contributed by atoms with Gasteiger partial charge in [0, 0.05) is 17.7 Å². The van der Waals surface area contributed by atoms with Crippen molar-refractivity contribution in [1.29, 1.82) is 5.26 Å². The molecule has 0 saturated heterocycles. The van der Waals surface area contributed by atoms with Gasteiger partial charge in [-0.05, 0) is 12.0 Å². The first-order valence-electron chi connectivity index (χ1n) is 7.10. The van der Waals surface area contributed by atoms with Crippen LogP contribution >= 0.6 is 0 Å². The average molecular weight is 318 g/mol. The van der Waals surface area contributed by atoms with Gasteiger partial charge >= 0.3 is 0 Å². The first-order valence-corrected chi connectivity index (χ1v) is 7.10. The minimum Gasteiger partial charge on any atom is -0.341 e. The summed E-state index contributed by atoms with van der Waals surface area (Å²) in [6.45, 7) is 3.51. The summed E-state index contributed by atoms with van der Waals surface area (Å²) in [7, 11) is 0. The van der Waals surface area contributed by atoms with Gasteiger partial charge in [-0.2, -0.15) is 5.26 Å². The van der Waals surface area contributed by atoms with Gasteiger partial charge in [0.2, 0.25) is 5.91 Å². The van der Waals surface area contributed by atoms with E-state index in [0.717, 1.165) is 6.07 Å². The fourth-order valence-corrected chi connectivity index (χ4v) is 1.92. The topological polar surface area (TPSA) is 125 Å². The Labute approximate surface area is 133 Å². The van der Waals surface area contributed by atoms with E-state index in [9.17, 15) is 19.7 Å². The van der Waals surface area contributed by atoms with Gasteiger partial charge in [0.25, 0.3) is 11.6 Å². The molecule has 0 bridgehead atoms. The number of hydrogen-bond acceptors (Lipinski definition) is 5. The summed E-state index contributed by atoms with van der Waals surface area (Å²) in [5, 5.41) is 24.3. The number of carbonyl (C=O) groups is 2. The molecule has 8 heteroatoms. The summed E-state index contributed by atoms with van der Waals surface area (Å²) >= 11 is 0. The molecule has 23 heavy (non-hydrogen) atoms. The van der Waals surface area contributed by atoms with Crippen LogP contribution in [0, 0.1) is 27.4 Å². The molecule has 0 radical (unpaired) electrons. The lowest BCUT2D eigenvalue weighted by atomic mass is 9.98. The number of nitrogens with zero attached hydrogens (tertiary/aromatic N) is 2. The minimum atomic E-state index is -0.819. The van der Waals surface area contributed by atoms with Crippen LogP contribution < -0.4 is 10.6 Å². The van der Waals surface area contributed by atoms with Gasteiger partial charge in [-0.15, -0.1) is 0 Å². The normalized spacial score (nSPS) is 12.6. The molecule has 2 atom stereocenters. The average Bonchev–Trinajstić information content (AvgIpc) is 2.56. The van der Waals surface area contributed by atoms with Crippen LogP contribution in [0.25, 0.3) is 0 Å². The second-order valence-electron chi connectivity index (χ2n) is 5.02. The molecule has 0 spiro atoms. The highest BCUT2D eigenvalue weighted by Crippen LogP contribution is 2.14. The van der Waals surface area contributed by atoms with Crippen molar-refractivity contribution < 1.29 is 14.5 Å². The number of hydrogen-bond donors (Lipinski definition) is 2. The Kier molecular flexibility index (Phi) is 6.68. The van der Waals surface area contributed by atoms with E-state index in [1.165, 1.54) is 18.2 Å². The summed E-state index contributed by atoms with van der Waals surface area (Å²) in [5.74, 6) is -1.19. The number of nitro groups is 1. The van der Waals surface area contributed by atoms with Crippen molar-refractivity contribution in [3.63, 3.8) is 0 Å². The molecular formula is C15H18N4O4. The van der Waals surface area contributed by atoms with Crippen molar-refractivity contribution in [3.8, 4) is 6.07 Å². The van der Waals surface area contributed by atoms with Crippen LogP contribution in [-0.2, 0) is 4.79 Å². The van der Waals surface area contributed by atoms with E-state index in [1.807, 2.05) is 6.92 Å². The lowest BCUT2D eigenvalue weighted by Crippen LogP contribution is -2.50. The van der Waals surface area contributed by atoms with Crippen molar-refractivity contribution in [2.45, 2.75) is 26.3 Å². The van der Waals surface area contributed by atoms with Crippen molar-refractivity contribution in [3.05, 3.63) is 39.9 Å². The maximum atomic E-state index is 12.2. The third-order valence-electron chi connectivity index (χ3n) is 3.44. The molecular weight excluding hydrogens is 300 g/mol. The van der Waals surface area contributed by atoms with Gasteiger partial charge in [-0.3, -0.25) is 19.7 Å². The van der Waals surface area contributed by atoms with E-state index < -0.39 is 22.8 Å². The fourth-order valence-electron chi connectivity index (χ4n) is 1.92. The molecule has 1 rings (SSSR count). The fraction of sp³-hybridized carbons (Fsp3) is 0.400. The standard InChI is InChI=1S/C15H18N4O4/c1-3-10(2)13(15(21)17-8-7-16)18-14(20)11-5-4-6-12(9-11)19(22)23/h4-6,9-10,13H,3,8H2,1-2H3,(H,17,21)(H,18,20). The lowest BCUT2D eigenvalue weighted by Gasteiger charge is -2.23. The Morgan fingerprint density at radius 3 is 2.70 bits per heavy atom. The van der Waals surface area contributed by atoms with Gasteiger partial charge in [0.15, 0.2) is 0 Å².